The zero-order valence-electron chi connectivity index (χ0n) is 41.5. The summed E-state index contributed by atoms with van der Waals surface area (Å²) >= 11 is 12.4. The summed E-state index contributed by atoms with van der Waals surface area (Å²) in [4.78, 5) is 74.0. The number of hydrogen-bond acceptors (Lipinski definition) is 17. The molecule has 0 aliphatic carbocycles. The summed E-state index contributed by atoms with van der Waals surface area (Å²) in [7, 11) is 0. The molecule has 2 aliphatic heterocycles. The number of hydrogen-bond donors (Lipinski definition) is 8. The number of pyridine rings is 1. The Morgan fingerprint density at radius 1 is 0.918 bits per heavy atom. The van der Waals surface area contributed by atoms with E-state index >= 15 is 0 Å². The second-order valence-electron chi connectivity index (χ2n) is 17.3. The smallest absolute Gasteiger partial charge is 0.270 e. The van der Waals surface area contributed by atoms with Gasteiger partial charge in [0.15, 0.2) is 5.15 Å². The largest absolute Gasteiger partial charge is 0.403 e. The van der Waals surface area contributed by atoms with Gasteiger partial charge in [-0.1, -0.05) is 41.4 Å². The number of amides is 4. The van der Waals surface area contributed by atoms with Crippen molar-refractivity contribution in [1.82, 2.24) is 50.7 Å². The Balaban J connectivity index is 0.00000321. The zero-order chi connectivity index (χ0) is 52.4. The van der Waals surface area contributed by atoms with Crippen LogP contribution in [-0.4, -0.2) is 176 Å². The quantitative estimate of drug-likeness (QED) is 0.0140. The number of carbonyl (C=O) groups is 4. The van der Waals surface area contributed by atoms with E-state index in [2.05, 4.69) is 57.6 Å². The van der Waals surface area contributed by atoms with Crippen molar-refractivity contribution in [3.05, 3.63) is 101 Å². The molecule has 398 valence electrons. The van der Waals surface area contributed by atoms with Crippen LogP contribution in [0.15, 0.2) is 80.0 Å². The van der Waals surface area contributed by atoms with Crippen LogP contribution < -0.4 is 43.5 Å². The molecule has 22 nitrogen and oxygen atoms in total. The number of piperazine rings is 1. The molecule has 0 saturated carbocycles. The third-order valence-corrected chi connectivity index (χ3v) is 12.5. The molecule has 1 atom stereocenters. The number of halogens is 2. The SMILES string of the molecule is C=CC.N/C=C\N(N)CCNCC(=O)Nc1ccc(C(=O)NCCOCCOCCOCCC(=O)N2CCN(CCC(NC(=O)C3(N)CCN(c4ncnc5[nH]ccc45)CC3)c3ccc(Cl)cc3)CC2)nc1Cl. The third kappa shape index (κ3) is 19.1. The lowest BCUT2D eigenvalue weighted by molar-refractivity contribution is -0.134. The summed E-state index contributed by atoms with van der Waals surface area (Å²) < 4.78 is 16.8. The molecule has 3 aromatic heterocycles. The second kappa shape index (κ2) is 30.9. The molecule has 2 saturated heterocycles. The molecule has 0 bridgehead atoms. The monoisotopic (exact) mass is 1050 g/mol. The highest BCUT2D eigenvalue weighted by molar-refractivity contribution is 6.32. The van der Waals surface area contributed by atoms with Crippen LogP contribution in [0.4, 0.5) is 11.5 Å². The number of H-pyrrole nitrogens is 1. The fraction of sp³-hybridized carbons (Fsp3) is 0.490. The predicted octanol–water partition coefficient (Wildman–Crippen LogP) is 2.55. The lowest BCUT2D eigenvalue weighted by Gasteiger charge is -2.39. The first-order valence-electron chi connectivity index (χ1n) is 24.4. The first-order valence-corrected chi connectivity index (χ1v) is 25.1. The molecule has 24 heteroatoms. The highest BCUT2D eigenvalue weighted by Crippen LogP contribution is 2.30. The molecular weight excluding hydrogens is 982 g/mol. The number of ether oxygens (including phenoxy) is 3. The molecule has 11 N–H and O–H groups in total. The van der Waals surface area contributed by atoms with E-state index in [1.54, 1.807) is 12.4 Å². The molecule has 2 aliphatic rings. The molecule has 0 radical (unpaired) electrons. The topological polar surface area (TPSA) is 290 Å². The molecule has 0 spiro atoms. The number of anilines is 2. The first kappa shape index (κ1) is 57.9. The van der Waals surface area contributed by atoms with E-state index in [-0.39, 0.29) is 73.0 Å². The maximum Gasteiger partial charge on any atom is 0.270 e. The van der Waals surface area contributed by atoms with Gasteiger partial charge in [-0.3, -0.25) is 24.1 Å². The summed E-state index contributed by atoms with van der Waals surface area (Å²) in [6.45, 7) is 12.8. The van der Waals surface area contributed by atoms with Gasteiger partial charge in [0.05, 0.1) is 75.3 Å². The van der Waals surface area contributed by atoms with Crippen LogP contribution in [0.5, 0.6) is 0 Å². The summed E-state index contributed by atoms with van der Waals surface area (Å²) in [5, 5.41) is 14.5. The minimum Gasteiger partial charge on any atom is -0.403 e. The van der Waals surface area contributed by atoms with Crippen molar-refractivity contribution in [3.63, 3.8) is 0 Å². The number of hydrazine groups is 1. The van der Waals surface area contributed by atoms with Crippen molar-refractivity contribution >= 4 is 69.4 Å². The molecule has 4 amide bonds. The number of carbonyl (C=O) groups excluding carboxylic acids is 4. The minimum absolute atomic E-state index is 0.0208. The van der Waals surface area contributed by atoms with Crippen molar-refractivity contribution in [1.29, 1.82) is 0 Å². The molecular formula is C49H71Cl2N15O7. The van der Waals surface area contributed by atoms with Gasteiger partial charge in [0.1, 0.15) is 23.5 Å². The molecule has 4 aromatic rings. The van der Waals surface area contributed by atoms with E-state index in [1.807, 2.05) is 48.4 Å². The van der Waals surface area contributed by atoms with Gasteiger partial charge in [-0.15, -0.1) is 6.58 Å². The van der Waals surface area contributed by atoms with Gasteiger partial charge in [0, 0.05) is 89.1 Å². The molecule has 5 heterocycles. The fourth-order valence-electron chi connectivity index (χ4n) is 7.94. The second-order valence-corrected chi connectivity index (χ2v) is 18.1. The van der Waals surface area contributed by atoms with Crippen LogP contribution in [-0.2, 0) is 28.6 Å². The Morgan fingerprint density at radius 3 is 2.29 bits per heavy atom. The van der Waals surface area contributed by atoms with Gasteiger partial charge in [0.25, 0.3) is 5.91 Å². The number of nitrogens with zero attached hydrogens (tertiary/aromatic N) is 7. The van der Waals surface area contributed by atoms with E-state index in [0.29, 0.717) is 90.0 Å². The fourth-order valence-corrected chi connectivity index (χ4v) is 8.26. The highest BCUT2D eigenvalue weighted by atomic mass is 35.5. The Hall–Kier alpha value is -5.95. The number of benzene rings is 1. The van der Waals surface area contributed by atoms with E-state index in [0.717, 1.165) is 42.0 Å². The minimum atomic E-state index is -1.03. The maximum absolute atomic E-state index is 13.9. The number of allylic oxidation sites excluding steroid dienone is 1. The molecule has 1 unspecified atom stereocenters. The molecule has 1 aromatic carbocycles. The first-order chi connectivity index (χ1) is 35.3. The summed E-state index contributed by atoms with van der Waals surface area (Å²) in [5.74, 6) is 5.59. The van der Waals surface area contributed by atoms with Crippen molar-refractivity contribution in [2.75, 3.05) is 122 Å². The van der Waals surface area contributed by atoms with Gasteiger partial charge < -0.3 is 66.7 Å². The molecule has 2 fully saturated rings. The van der Waals surface area contributed by atoms with Crippen LogP contribution >= 0.6 is 23.2 Å². The van der Waals surface area contributed by atoms with E-state index in [9.17, 15) is 19.2 Å². The standard InChI is InChI=1S/C46H65Cl2N15O7.C3H6/c47-34-3-1-33(2-4-34)36(59-45(67)46(50)10-17-62(18-11-46)43-35-7-13-53-42(35)55-32-56-43)8-16-60-21-23-61(24-22-60)40(65)9-25-68-27-29-70-30-28-69-26-15-54-44(66)38-6-5-37(41(48)58-38)57-39(64)31-52-14-20-63(51)19-12-49;1-3-2/h1-7,12-13,19,32,36,52H,8-11,14-18,20-31,49-51H2,(H,54,66)(H,57,64)(H,59,67)(H,53,55,56);3H,1H2,2H3/b19-12-;. The number of aromatic amines is 1. The molecule has 73 heavy (non-hydrogen) atoms. The summed E-state index contributed by atoms with van der Waals surface area (Å²) in [5.41, 5.74) is 13.2. The normalized spacial score (nSPS) is 15.1. The van der Waals surface area contributed by atoms with Crippen LogP contribution in [0.25, 0.3) is 11.0 Å². The number of piperidine rings is 1. The maximum atomic E-state index is 13.9. The van der Waals surface area contributed by atoms with Crippen molar-refractivity contribution < 1.29 is 33.4 Å². The van der Waals surface area contributed by atoms with E-state index in [1.165, 1.54) is 29.5 Å². The summed E-state index contributed by atoms with van der Waals surface area (Å²) in [6.07, 6.45) is 9.85. The van der Waals surface area contributed by atoms with Gasteiger partial charge in [-0.25, -0.2) is 20.8 Å². The van der Waals surface area contributed by atoms with E-state index in [4.69, 9.17) is 54.7 Å². The number of rotatable bonds is 27. The van der Waals surface area contributed by atoms with Crippen LogP contribution in [0.2, 0.25) is 10.2 Å². The molecule has 6 rings (SSSR count). The number of nitrogens with one attached hydrogen (secondary N) is 5. The average Bonchev–Trinajstić information content (AvgIpc) is 3.88. The highest BCUT2D eigenvalue weighted by Gasteiger charge is 2.39. The lowest BCUT2D eigenvalue weighted by Crippen LogP contribution is -2.60. The van der Waals surface area contributed by atoms with Gasteiger partial charge >= 0.3 is 0 Å². The predicted molar refractivity (Wildman–Crippen MR) is 282 cm³/mol. The number of fused-ring (bicyclic) bond motifs is 1. The van der Waals surface area contributed by atoms with Gasteiger partial charge in [-0.05, 0) is 62.1 Å². The van der Waals surface area contributed by atoms with Crippen LogP contribution in [0, 0.1) is 0 Å². The number of aromatic nitrogens is 4. The Morgan fingerprint density at radius 2 is 1.60 bits per heavy atom. The van der Waals surface area contributed by atoms with Gasteiger partial charge in [-0.2, -0.15) is 0 Å². The lowest BCUT2D eigenvalue weighted by atomic mass is 9.87. The van der Waals surface area contributed by atoms with Crippen molar-refractivity contribution in [3.8, 4) is 0 Å². The van der Waals surface area contributed by atoms with Crippen LogP contribution in [0.1, 0.15) is 54.7 Å². The zero-order valence-corrected chi connectivity index (χ0v) is 43.0. The Kier molecular flexibility index (Phi) is 24.6. The Bertz CT molecular complexity index is 2380. The van der Waals surface area contributed by atoms with E-state index < -0.39 is 11.4 Å². The van der Waals surface area contributed by atoms with Crippen LogP contribution in [0.3, 0.4) is 0 Å². The number of nitrogens with two attached hydrogens (primary N) is 3. The van der Waals surface area contributed by atoms with Crippen molar-refractivity contribution in [2.45, 2.75) is 44.2 Å². The van der Waals surface area contributed by atoms with Crippen molar-refractivity contribution in [2.24, 2.45) is 17.3 Å². The van der Waals surface area contributed by atoms with Gasteiger partial charge in [0.2, 0.25) is 17.7 Å². The third-order valence-electron chi connectivity index (χ3n) is 12.0. The summed E-state index contributed by atoms with van der Waals surface area (Å²) in [6, 6.07) is 12.2. The average molecular weight is 1050 g/mol. The Labute approximate surface area is 436 Å².